The van der Waals surface area contributed by atoms with Crippen LogP contribution in [0.2, 0.25) is 0 Å². The van der Waals surface area contributed by atoms with Gasteiger partial charge < -0.3 is 10.6 Å². The molecule has 2 rings (SSSR count). The zero-order chi connectivity index (χ0) is 14.7. The maximum atomic E-state index is 13.3. The van der Waals surface area contributed by atoms with E-state index in [2.05, 4.69) is 10.6 Å². The highest BCUT2D eigenvalue weighted by atomic mass is 19.1. The number of carbonyl (C=O) groups is 1. The van der Waals surface area contributed by atoms with E-state index in [4.69, 9.17) is 0 Å². The van der Waals surface area contributed by atoms with Crippen LogP contribution in [-0.4, -0.2) is 23.4 Å². The van der Waals surface area contributed by atoms with Crippen LogP contribution >= 0.6 is 0 Å². The van der Waals surface area contributed by atoms with E-state index < -0.39 is 22.2 Å². The van der Waals surface area contributed by atoms with Gasteiger partial charge in [-0.25, -0.2) is 4.39 Å². The minimum absolute atomic E-state index is 0.0578. The van der Waals surface area contributed by atoms with Crippen LogP contribution in [0.5, 0.6) is 0 Å². The second kappa shape index (κ2) is 5.81. The molecule has 1 aromatic rings. The van der Waals surface area contributed by atoms with Crippen molar-refractivity contribution in [3.05, 3.63) is 33.9 Å². The number of halogens is 2. The molecular weight excluding hydrogens is 272 g/mol. The lowest BCUT2D eigenvalue weighted by atomic mass is 10.2. The SMILES string of the molecule is O=C(CCNc1cc(F)cc(F)c1[N+](=O)[O-])NC1CC1. The molecule has 1 aromatic carbocycles. The number of hydrogen-bond acceptors (Lipinski definition) is 4. The molecule has 20 heavy (non-hydrogen) atoms. The summed E-state index contributed by atoms with van der Waals surface area (Å²) < 4.78 is 26.4. The van der Waals surface area contributed by atoms with Crippen LogP contribution < -0.4 is 10.6 Å². The Kier molecular flexibility index (Phi) is 4.11. The van der Waals surface area contributed by atoms with Gasteiger partial charge >= 0.3 is 5.69 Å². The standard InChI is InChI=1S/C12H13F2N3O3/c13-7-5-9(14)12(17(19)20)10(6-7)15-4-3-11(18)16-8-1-2-8/h5-6,8,15H,1-4H2,(H,16,18). The second-order valence-corrected chi connectivity index (χ2v) is 4.56. The zero-order valence-electron chi connectivity index (χ0n) is 10.5. The number of rotatable bonds is 6. The van der Waals surface area contributed by atoms with Crippen molar-refractivity contribution in [2.45, 2.75) is 25.3 Å². The van der Waals surface area contributed by atoms with Crippen LogP contribution in [0.3, 0.4) is 0 Å². The Labute approximate surface area is 113 Å². The monoisotopic (exact) mass is 285 g/mol. The summed E-state index contributed by atoms with van der Waals surface area (Å²) >= 11 is 0. The molecular formula is C12H13F2N3O3. The fourth-order valence-electron chi connectivity index (χ4n) is 1.72. The molecule has 1 aliphatic carbocycles. The Balaban J connectivity index is 1.97. The highest BCUT2D eigenvalue weighted by Crippen LogP contribution is 2.28. The van der Waals surface area contributed by atoms with Gasteiger partial charge in [0, 0.05) is 31.1 Å². The number of nitrogens with zero attached hydrogens (tertiary/aromatic N) is 1. The average Bonchev–Trinajstić information content (AvgIpc) is 3.11. The molecule has 0 saturated heterocycles. The Morgan fingerprint density at radius 1 is 1.40 bits per heavy atom. The Morgan fingerprint density at radius 2 is 2.10 bits per heavy atom. The van der Waals surface area contributed by atoms with Crippen LogP contribution in [0.4, 0.5) is 20.2 Å². The molecule has 0 radical (unpaired) electrons. The number of hydrogen-bond donors (Lipinski definition) is 2. The molecule has 0 atom stereocenters. The molecule has 1 saturated carbocycles. The first kappa shape index (κ1) is 14.2. The van der Waals surface area contributed by atoms with Gasteiger partial charge in [-0.05, 0) is 12.8 Å². The van der Waals surface area contributed by atoms with Crippen molar-refractivity contribution in [3.63, 3.8) is 0 Å². The first-order valence-corrected chi connectivity index (χ1v) is 6.14. The first-order valence-electron chi connectivity index (χ1n) is 6.14. The number of amides is 1. The third-order valence-corrected chi connectivity index (χ3v) is 2.82. The van der Waals surface area contributed by atoms with Crippen LogP contribution in [0.25, 0.3) is 0 Å². The van der Waals surface area contributed by atoms with Gasteiger partial charge in [0.2, 0.25) is 11.7 Å². The summed E-state index contributed by atoms with van der Waals surface area (Å²) in [5.74, 6) is -2.36. The number of nitrogens with one attached hydrogen (secondary N) is 2. The van der Waals surface area contributed by atoms with E-state index in [-0.39, 0.29) is 30.6 Å². The largest absolute Gasteiger partial charge is 0.379 e. The maximum absolute atomic E-state index is 13.3. The summed E-state index contributed by atoms with van der Waals surface area (Å²) in [6, 6.07) is 1.51. The molecule has 1 fully saturated rings. The summed E-state index contributed by atoms with van der Waals surface area (Å²) in [4.78, 5) is 21.2. The molecule has 2 N–H and O–H groups in total. The summed E-state index contributed by atoms with van der Waals surface area (Å²) in [5, 5.41) is 16.0. The molecule has 1 amide bonds. The van der Waals surface area contributed by atoms with Crippen LogP contribution in [0.1, 0.15) is 19.3 Å². The zero-order valence-corrected chi connectivity index (χ0v) is 10.5. The van der Waals surface area contributed by atoms with Crippen molar-refractivity contribution >= 4 is 17.3 Å². The molecule has 0 heterocycles. The van der Waals surface area contributed by atoms with Crippen molar-refractivity contribution in [1.82, 2.24) is 5.32 Å². The minimum Gasteiger partial charge on any atom is -0.379 e. The van der Waals surface area contributed by atoms with E-state index in [0.29, 0.717) is 6.07 Å². The molecule has 0 aliphatic heterocycles. The normalized spacial score (nSPS) is 13.9. The van der Waals surface area contributed by atoms with Gasteiger partial charge in [0.25, 0.3) is 0 Å². The summed E-state index contributed by atoms with van der Waals surface area (Å²) in [7, 11) is 0. The van der Waals surface area contributed by atoms with Crippen LogP contribution in [0, 0.1) is 21.7 Å². The highest BCUT2D eigenvalue weighted by Gasteiger charge is 2.24. The minimum atomic E-state index is -1.25. The van der Waals surface area contributed by atoms with Gasteiger partial charge in [-0.2, -0.15) is 4.39 Å². The lowest BCUT2D eigenvalue weighted by Crippen LogP contribution is -2.27. The topological polar surface area (TPSA) is 84.3 Å². The predicted octanol–water partition coefficient (Wildman–Crippen LogP) is 1.95. The van der Waals surface area contributed by atoms with Crippen molar-refractivity contribution in [2.75, 3.05) is 11.9 Å². The third kappa shape index (κ3) is 3.62. The second-order valence-electron chi connectivity index (χ2n) is 4.56. The molecule has 0 aromatic heterocycles. The van der Waals surface area contributed by atoms with Crippen molar-refractivity contribution in [2.24, 2.45) is 0 Å². The Hall–Kier alpha value is -2.25. The molecule has 108 valence electrons. The van der Waals surface area contributed by atoms with E-state index in [1.807, 2.05) is 0 Å². The lowest BCUT2D eigenvalue weighted by molar-refractivity contribution is -0.386. The summed E-state index contributed by atoms with van der Waals surface area (Å²) in [6.07, 6.45) is 1.99. The van der Waals surface area contributed by atoms with Gasteiger partial charge in [0.05, 0.1) is 4.92 Å². The average molecular weight is 285 g/mol. The molecule has 0 bridgehead atoms. The smallest absolute Gasteiger partial charge is 0.327 e. The van der Waals surface area contributed by atoms with E-state index in [1.54, 1.807) is 0 Å². The van der Waals surface area contributed by atoms with E-state index >= 15 is 0 Å². The number of nitro benzene ring substituents is 1. The number of carbonyl (C=O) groups excluding carboxylic acids is 1. The van der Waals surface area contributed by atoms with E-state index in [9.17, 15) is 23.7 Å². The highest BCUT2D eigenvalue weighted by molar-refractivity contribution is 5.77. The molecule has 0 unspecified atom stereocenters. The van der Waals surface area contributed by atoms with Gasteiger partial charge in [0.1, 0.15) is 11.5 Å². The summed E-state index contributed by atoms with van der Waals surface area (Å²) in [5.41, 5.74) is -1.10. The van der Waals surface area contributed by atoms with Crippen molar-refractivity contribution < 1.29 is 18.5 Å². The summed E-state index contributed by atoms with van der Waals surface area (Å²) in [6.45, 7) is 0.0578. The fourth-order valence-corrected chi connectivity index (χ4v) is 1.72. The first-order chi connectivity index (χ1) is 9.47. The Morgan fingerprint density at radius 3 is 2.70 bits per heavy atom. The molecule has 8 heteroatoms. The van der Waals surface area contributed by atoms with Crippen LogP contribution in [0.15, 0.2) is 12.1 Å². The fraction of sp³-hybridized carbons (Fsp3) is 0.417. The predicted molar refractivity (Wildman–Crippen MR) is 67.3 cm³/mol. The lowest BCUT2D eigenvalue weighted by Gasteiger charge is -2.08. The molecule has 0 spiro atoms. The molecule has 1 aliphatic rings. The third-order valence-electron chi connectivity index (χ3n) is 2.82. The number of anilines is 1. The van der Waals surface area contributed by atoms with Gasteiger partial charge in [-0.3, -0.25) is 14.9 Å². The van der Waals surface area contributed by atoms with Crippen molar-refractivity contribution in [3.8, 4) is 0 Å². The number of nitro groups is 1. The van der Waals surface area contributed by atoms with Gasteiger partial charge in [-0.1, -0.05) is 0 Å². The van der Waals surface area contributed by atoms with E-state index in [1.165, 1.54) is 0 Å². The van der Waals surface area contributed by atoms with Gasteiger partial charge in [-0.15, -0.1) is 0 Å². The van der Waals surface area contributed by atoms with E-state index in [0.717, 1.165) is 18.9 Å². The van der Waals surface area contributed by atoms with Crippen LogP contribution in [-0.2, 0) is 4.79 Å². The molecule has 6 nitrogen and oxygen atoms in total. The van der Waals surface area contributed by atoms with Crippen molar-refractivity contribution in [1.29, 1.82) is 0 Å². The Bertz CT molecular complexity index is 547. The van der Waals surface area contributed by atoms with Gasteiger partial charge in [0.15, 0.2) is 0 Å². The maximum Gasteiger partial charge on any atom is 0.327 e. The quantitative estimate of drug-likeness (QED) is 0.618. The number of benzene rings is 1.